The highest BCUT2D eigenvalue weighted by Gasteiger charge is 2.33. The van der Waals surface area contributed by atoms with E-state index in [0.29, 0.717) is 31.9 Å². The van der Waals surface area contributed by atoms with E-state index in [4.69, 9.17) is 11.2 Å². The molecule has 3 rings (SSSR count). The molecule has 0 radical (unpaired) electrons. The van der Waals surface area contributed by atoms with Crippen LogP contribution in [-0.4, -0.2) is 51.9 Å². The maximum atomic E-state index is 14.4. The molecule has 2 aromatic rings. The number of halogens is 4. The number of aromatic nitrogens is 1. The lowest BCUT2D eigenvalue weighted by atomic mass is 10.1. The van der Waals surface area contributed by atoms with E-state index in [-0.39, 0.29) is 29.2 Å². The van der Waals surface area contributed by atoms with E-state index in [2.05, 4.69) is 16.2 Å². The van der Waals surface area contributed by atoms with Gasteiger partial charge in [-0.25, -0.2) is 17.8 Å². The van der Waals surface area contributed by atoms with Crippen LogP contribution in [0.25, 0.3) is 6.08 Å². The SMILES string of the molecule is C#Cc1cc(CNC(=O)/C=C\c2ccc(C(F)(F)F)nc2N2CCOCC2)cc(F)c1NS(C)(=O)=O. The second kappa shape index (κ2) is 11.0. The van der Waals surface area contributed by atoms with Crippen molar-refractivity contribution in [3.63, 3.8) is 0 Å². The number of sulfonamides is 1. The Bertz CT molecular complexity index is 1310. The van der Waals surface area contributed by atoms with Crippen LogP contribution < -0.4 is 14.9 Å². The number of benzene rings is 1. The van der Waals surface area contributed by atoms with Crippen LogP contribution in [0.3, 0.4) is 0 Å². The number of terminal acetylenes is 1. The van der Waals surface area contributed by atoms with E-state index in [0.717, 1.165) is 24.5 Å². The van der Waals surface area contributed by atoms with Gasteiger partial charge in [-0.15, -0.1) is 6.42 Å². The number of anilines is 2. The molecular weight excluding hydrogens is 504 g/mol. The van der Waals surface area contributed by atoms with Crippen molar-refractivity contribution in [2.45, 2.75) is 12.7 Å². The zero-order valence-electron chi connectivity index (χ0n) is 19.0. The number of hydrogen-bond acceptors (Lipinski definition) is 6. The Balaban J connectivity index is 1.76. The van der Waals surface area contributed by atoms with Gasteiger partial charge in [0, 0.05) is 31.3 Å². The molecule has 36 heavy (non-hydrogen) atoms. The van der Waals surface area contributed by atoms with Crippen molar-refractivity contribution in [2.24, 2.45) is 0 Å². The van der Waals surface area contributed by atoms with E-state index >= 15 is 0 Å². The van der Waals surface area contributed by atoms with Crippen LogP contribution in [0.5, 0.6) is 0 Å². The van der Waals surface area contributed by atoms with Crippen molar-refractivity contribution in [2.75, 3.05) is 42.2 Å². The molecule has 1 aromatic heterocycles. The predicted octanol–water partition coefficient (Wildman–Crippen LogP) is 2.76. The second-order valence-corrected chi connectivity index (χ2v) is 9.52. The smallest absolute Gasteiger partial charge is 0.378 e. The lowest BCUT2D eigenvalue weighted by Gasteiger charge is -2.29. The quantitative estimate of drug-likeness (QED) is 0.327. The number of alkyl halides is 3. The number of ether oxygens (including phenoxy) is 1. The van der Waals surface area contributed by atoms with E-state index in [1.165, 1.54) is 18.2 Å². The van der Waals surface area contributed by atoms with Crippen molar-refractivity contribution in [3.05, 3.63) is 58.5 Å². The van der Waals surface area contributed by atoms with E-state index in [1.807, 2.05) is 4.72 Å². The van der Waals surface area contributed by atoms with Gasteiger partial charge in [-0.3, -0.25) is 9.52 Å². The van der Waals surface area contributed by atoms with Gasteiger partial charge in [-0.2, -0.15) is 13.2 Å². The third-order valence-corrected chi connectivity index (χ3v) is 5.56. The minimum absolute atomic E-state index is 0.0498. The average Bonchev–Trinajstić information content (AvgIpc) is 2.82. The fourth-order valence-electron chi connectivity index (χ4n) is 3.36. The maximum Gasteiger partial charge on any atom is 0.433 e. The van der Waals surface area contributed by atoms with Gasteiger partial charge in [0.1, 0.15) is 17.3 Å². The lowest BCUT2D eigenvalue weighted by molar-refractivity contribution is -0.141. The molecule has 2 N–H and O–H groups in total. The maximum absolute atomic E-state index is 14.4. The topological polar surface area (TPSA) is 101 Å². The second-order valence-electron chi connectivity index (χ2n) is 7.78. The fourth-order valence-corrected chi connectivity index (χ4v) is 3.94. The summed E-state index contributed by atoms with van der Waals surface area (Å²) in [6.07, 6.45) is 4.03. The highest BCUT2D eigenvalue weighted by Crippen LogP contribution is 2.31. The van der Waals surface area contributed by atoms with Gasteiger partial charge in [-0.1, -0.05) is 5.92 Å². The van der Waals surface area contributed by atoms with Crippen LogP contribution >= 0.6 is 0 Å². The summed E-state index contributed by atoms with van der Waals surface area (Å²) in [6, 6.07) is 4.43. The molecule has 0 aliphatic carbocycles. The first-order valence-electron chi connectivity index (χ1n) is 10.5. The van der Waals surface area contributed by atoms with E-state index in [9.17, 15) is 30.8 Å². The Kier molecular flexibility index (Phi) is 8.21. The largest absolute Gasteiger partial charge is 0.433 e. The zero-order valence-corrected chi connectivity index (χ0v) is 19.8. The number of morpholine rings is 1. The van der Waals surface area contributed by atoms with Gasteiger partial charge in [0.2, 0.25) is 15.9 Å². The van der Waals surface area contributed by atoms with Crippen molar-refractivity contribution in [1.29, 1.82) is 0 Å². The van der Waals surface area contributed by atoms with Crippen LogP contribution in [0.1, 0.15) is 22.4 Å². The van der Waals surface area contributed by atoms with Gasteiger partial charge in [-0.05, 0) is 35.9 Å². The number of nitrogens with one attached hydrogen (secondary N) is 2. The molecular formula is C23H22F4N4O4S. The van der Waals surface area contributed by atoms with Gasteiger partial charge in [0.05, 0.1) is 30.7 Å². The summed E-state index contributed by atoms with van der Waals surface area (Å²) < 4.78 is 84.0. The normalized spacial score (nSPS) is 14.5. The summed E-state index contributed by atoms with van der Waals surface area (Å²) in [5.74, 6) is 0.745. The minimum atomic E-state index is -4.63. The van der Waals surface area contributed by atoms with E-state index < -0.39 is 33.6 Å². The monoisotopic (exact) mass is 526 g/mol. The number of amides is 1. The van der Waals surface area contributed by atoms with Crippen LogP contribution in [0, 0.1) is 18.2 Å². The molecule has 192 valence electrons. The highest BCUT2D eigenvalue weighted by molar-refractivity contribution is 7.92. The third kappa shape index (κ3) is 7.19. The molecule has 0 saturated carbocycles. The molecule has 1 aliphatic rings. The first-order valence-corrected chi connectivity index (χ1v) is 12.4. The molecule has 0 unspecified atom stereocenters. The van der Waals surface area contributed by atoms with E-state index in [1.54, 1.807) is 4.90 Å². The molecule has 2 heterocycles. The number of carbonyl (C=O) groups is 1. The van der Waals surface area contributed by atoms with Gasteiger partial charge in [0.25, 0.3) is 0 Å². The first-order chi connectivity index (χ1) is 16.9. The number of hydrogen-bond donors (Lipinski definition) is 2. The predicted molar refractivity (Wildman–Crippen MR) is 126 cm³/mol. The fraction of sp³-hybridized carbons (Fsp3) is 0.304. The Morgan fingerprint density at radius 2 is 1.97 bits per heavy atom. The molecule has 0 spiro atoms. The summed E-state index contributed by atoms with van der Waals surface area (Å²) in [4.78, 5) is 17.7. The molecule has 1 saturated heterocycles. The number of pyridine rings is 1. The molecule has 1 fully saturated rings. The summed E-state index contributed by atoms with van der Waals surface area (Å²) in [6.45, 7) is 1.20. The third-order valence-electron chi connectivity index (χ3n) is 4.98. The Morgan fingerprint density at radius 3 is 2.58 bits per heavy atom. The van der Waals surface area contributed by atoms with Crippen molar-refractivity contribution in [3.8, 4) is 12.3 Å². The Labute approximate surface area is 205 Å². The van der Waals surface area contributed by atoms with Crippen LogP contribution in [0.4, 0.5) is 29.1 Å². The molecule has 13 heteroatoms. The summed E-state index contributed by atoms with van der Waals surface area (Å²) in [7, 11) is -3.77. The van der Waals surface area contributed by atoms with Crippen LogP contribution in [0.15, 0.2) is 30.3 Å². The summed E-state index contributed by atoms with van der Waals surface area (Å²) in [5, 5.41) is 2.52. The molecule has 1 aromatic carbocycles. The Hall–Kier alpha value is -3.63. The number of rotatable bonds is 7. The Morgan fingerprint density at radius 1 is 1.28 bits per heavy atom. The lowest BCUT2D eigenvalue weighted by Crippen LogP contribution is -2.37. The van der Waals surface area contributed by atoms with Gasteiger partial charge < -0.3 is 15.0 Å². The van der Waals surface area contributed by atoms with Crippen molar-refractivity contribution >= 4 is 33.5 Å². The van der Waals surface area contributed by atoms with Gasteiger partial charge in [0.15, 0.2) is 0 Å². The van der Waals surface area contributed by atoms with Crippen molar-refractivity contribution < 1.29 is 35.5 Å². The highest BCUT2D eigenvalue weighted by atomic mass is 32.2. The molecule has 1 amide bonds. The molecule has 8 nitrogen and oxygen atoms in total. The first kappa shape index (κ1) is 27.0. The number of nitrogens with zero attached hydrogens (tertiary/aromatic N) is 2. The molecule has 1 aliphatic heterocycles. The van der Waals surface area contributed by atoms with Crippen molar-refractivity contribution in [1.82, 2.24) is 10.3 Å². The number of carbonyl (C=O) groups excluding carboxylic acids is 1. The average molecular weight is 527 g/mol. The molecule has 0 atom stereocenters. The minimum Gasteiger partial charge on any atom is -0.378 e. The van der Waals surface area contributed by atoms with Gasteiger partial charge >= 0.3 is 6.18 Å². The summed E-state index contributed by atoms with van der Waals surface area (Å²) >= 11 is 0. The van der Waals surface area contributed by atoms with Crippen LogP contribution in [0.2, 0.25) is 0 Å². The van der Waals surface area contributed by atoms with Crippen LogP contribution in [-0.2, 0) is 32.3 Å². The zero-order chi connectivity index (χ0) is 26.5. The molecule has 0 bridgehead atoms. The summed E-state index contributed by atoms with van der Waals surface area (Å²) in [5.41, 5.74) is -0.902. The standard InChI is InChI=1S/C23H22F4N4O4S/c1-3-16-12-15(13-18(24)21(16)30-36(2,33)34)14-28-20(32)7-5-17-4-6-19(23(25,26)27)29-22(17)31-8-10-35-11-9-31/h1,4-7,12-13,30H,8-11,14H2,2H3,(H,28,32)/b7-5-.